The summed E-state index contributed by atoms with van der Waals surface area (Å²) >= 11 is 1.38. The van der Waals surface area contributed by atoms with Crippen LogP contribution in [0.25, 0.3) is 10.3 Å². The largest absolute Gasteiger partial charge is 0.396 e. The predicted molar refractivity (Wildman–Crippen MR) is 134 cm³/mol. The summed E-state index contributed by atoms with van der Waals surface area (Å²) in [6, 6.07) is 8.00. The molecule has 3 aromatic rings. The van der Waals surface area contributed by atoms with E-state index in [0.29, 0.717) is 28.2 Å². The number of hydrogen-bond donors (Lipinski definition) is 4. The summed E-state index contributed by atoms with van der Waals surface area (Å²) in [4.78, 5) is 12.7. The first-order valence-electron chi connectivity index (χ1n) is 12.0. The van der Waals surface area contributed by atoms with Gasteiger partial charge in [0.25, 0.3) is 0 Å². The number of aromatic nitrogens is 2. The van der Waals surface area contributed by atoms with Crippen LogP contribution in [-0.2, 0) is 12.8 Å². The Bertz CT molecular complexity index is 1290. The van der Waals surface area contributed by atoms with Crippen molar-refractivity contribution in [1.82, 2.24) is 20.6 Å². The molecule has 1 aromatic carbocycles. The molecule has 0 amide bonds. The van der Waals surface area contributed by atoms with Crippen LogP contribution >= 0.6 is 11.3 Å². The van der Waals surface area contributed by atoms with Crippen LogP contribution in [0.5, 0.6) is 0 Å². The number of hydrogen-bond acceptors (Lipinski definition) is 9. The number of anilines is 2. The Morgan fingerprint density at radius 3 is 2.85 bits per heavy atom. The van der Waals surface area contributed by atoms with Crippen molar-refractivity contribution in [2.24, 2.45) is 0 Å². The van der Waals surface area contributed by atoms with Gasteiger partial charge in [0.1, 0.15) is 22.6 Å². The summed E-state index contributed by atoms with van der Waals surface area (Å²) in [5.74, 6) is 0. The first-order chi connectivity index (χ1) is 16.5. The minimum absolute atomic E-state index is 0.0993. The molecular formula is C25H29N7OS. The van der Waals surface area contributed by atoms with E-state index in [4.69, 9.17) is 5.73 Å². The summed E-state index contributed by atoms with van der Waals surface area (Å²) in [6.07, 6.45) is 5.71. The first-order valence-corrected chi connectivity index (χ1v) is 12.8. The van der Waals surface area contributed by atoms with Gasteiger partial charge in [-0.3, -0.25) is 5.32 Å². The van der Waals surface area contributed by atoms with Gasteiger partial charge >= 0.3 is 0 Å². The van der Waals surface area contributed by atoms with Crippen molar-refractivity contribution in [1.29, 1.82) is 5.26 Å². The van der Waals surface area contributed by atoms with Crippen molar-refractivity contribution in [2.45, 2.75) is 63.4 Å². The number of nitriles is 1. The second-order valence-electron chi connectivity index (χ2n) is 9.81. The average Bonchev–Trinajstić information content (AvgIpc) is 3.35. The minimum Gasteiger partial charge on any atom is -0.396 e. The SMILES string of the molecule is Cc1cnc2c(N)c(C(O)N[C@@H]3CCc4c(ccc(N5CC6CCC(C5)N6)c4C#N)C3)sc2n1. The van der Waals surface area contributed by atoms with E-state index >= 15 is 0 Å². The Morgan fingerprint density at radius 2 is 2.09 bits per heavy atom. The Morgan fingerprint density at radius 1 is 1.29 bits per heavy atom. The highest BCUT2D eigenvalue weighted by atomic mass is 32.1. The van der Waals surface area contributed by atoms with Gasteiger partial charge in [0, 0.05) is 37.4 Å². The maximum absolute atomic E-state index is 10.9. The fourth-order valence-electron chi connectivity index (χ4n) is 5.85. The Labute approximate surface area is 202 Å². The van der Waals surface area contributed by atoms with Gasteiger partial charge in [0.2, 0.25) is 0 Å². The molecule has 2 saturated heterocycles. The van der Waals surface area contributed by atoms with Crippen molar-refractivity contribution in [2.75, 3.05) is 23.7 Å². The van der Waals surface area contributed by atoms with Crippen LogP contribution in [0.1, 0.15) is 52.8 Å². The predicted octanol–water partition coefficient (Wildman–Crippen LogP) is 2.53. The van der Waals surface area contributed by atoms with E-state index < -0.39 is 6.23 Å². The van der Waals surface area contributed by atoms with Gasteiger partial charge in [-0.2, -0.15) is 5.26 Å². The summed E-state index contributed by atoms with van der Waals surface area (Å²) in [5.41, 5.74) is 12.5. The zero-order chi connectivity index (χ0) is 23.4. The molecular weight excluding hydrogens is 446 g/mol. The Hall–Kier alpha value is -2.77. The molecule has 34 heavy (non-hydrogen) atoms. The van der Waals surface area contributed by atoms with E-state index in [1.54, 1.807) is 6.20 Å². The monoisotopic (exact) mass is 475 g/mol. The molecule has 3 unspecified atom stereocenters. The molecule has 2 aliphatic heterocycles. The number of aliphatic hydroxyl groups excluding tert-OH is 1. The second kappa shape index (κ2) is 8.47. The summed E-state index contributed by atoms with van der Waals surface area (Å²) in [5, 5.41) is 28.0. The van der Waals surface area contributed by atoms with Crippen LogP contribution in [0.2, 0.25) is 0 Å². The van der Waals surface area contributed by atoms with Crippen LogP contribution in [0.4, 0.5) is 11.4 Å². The number of nitrogens with zero attached hydrogens (tertiary/aromatic N) is 4. The van der Waals surface area contributed by atoms with Gasteiger partial charge in [0.05, 0.1) is 27.5 Å². The number of nitrogens with one attached hydrogen (secondary N) is 2. The van der Waals surface area contributed by atoms with Crippen LogP contribution in [0.15, 0.2) is 18.3 Å². The Balaban J connectivity index is 1.21. The molecule has 4 atom stereocenters. The van der Waals surface area contributed by atoms with E-state index in [-0.39, 0.29) is 6.04 Å². The molecule has 4 heterocycles. The lowest BCUT2D eigenvalue weighted by atomic mass is 9.84. The number of nitrogens with two attached hydrogens (primary N) is 1. The average molecular weight is 476 g/mol. The number of benzene rings is 1. The molecule has 0 saturated carbocycles. The lowest BCUT2D eigenvalue weighted by Crippen LogP contribution is -2.51. The fraction of sp³-hybridized carbons (Fsp3) is 0.480. The number of rotatable bonds is 4. The third-order valence-corrected chi connectivity index (χ3v) is 8.64. The highest BCUT2D eigenvalue weighted by molar-refractivity contribution is 7.19. The third kappa shape index (κ3) is 3.71. The lowest BCUT2D eigenvalue weighted by molar-refractivity contribution is 0.124. The van der Waals surface area contributed by atoms with Crippen molar-refractivity contribution in [3.63, 3.8) is 0 Å². The van der Waals surface area contributed by atoms with E-state index in [1.807, 2.05) is 6.92 Å². The van der Waals surface area contributed by atoms with Crippen molar-refractivity contribution in [3.8, 4) is 6.07 Å². The van der Waals surface area contributed by atoms with Crippen LogP contribution in [0, 0.1) is 18.3 Å². The quantitative estimate of drug-likeness (QED) is 0.425. The van der Waals surface area contributed by atoms with Gasteiger partial charge < -0.3 is 21.1 Å². The number of aryl methyl sites for hydroxylation is 1. The zero-order valence-corrected chi connectivity index (χ0v) is 20.0. The van der Waals surface area contributed by atoms with Gasteiger partial charge in [-0.25, -0.2) is 9.97 Å². The molecule has 2 fully saturated rings. The van der Waals surface area contributed by atoms with E-state index in [0.717, 1.165) is 54.1 Å². The number of fused-ring (bicyclic) bond motifs is 4. The van der Waals surface area contributed by atoms with Gasteiger partial charge in [-0.1, -0.05) is 6.07 Å². The molecule has 2 bridgehead atoms. The number of thiophene rings is 1. The van der Waals surface area contributed by atoms with Crippen LogP contribution in [-0.4, -0.2) is 46.3 Å². The molecule has 2 aromatic heterocycles. The highest BCUT2D eigenvalue weighted by Crippen LogP contribution is 2.37. The molecule has 0 radical (unpaired) electrons. The fourth-order valence-corrected chi connectivity index (χ4v) is 6.90. The summed E-state index contributed by atoms with van der Waals surface area (Å²) in [7, 11) is 0. The molecule has 8 nitrogen and oxygen atoms in total. The normalized spacial score (nSPS) is 24.7. The number of piperazine rings is 1. The second-order valence-corrected chi connectivity index (χ2v) is 10.8. The topological polar surface area (TPSA) is 123 Å². The molecule has 1 aliphatic carbocycles. The summed E-state index contributed by atoms with van der Waals surface area (Å²) < 4.78 is 0. The molecule has 6 rings (SSSR count). The van der Waals surface area contributed by atoms with Gasteiger partial charge in [-0.15, -0.1) is 11.3 Å². The molecule has 9 heteroatoms. The van der Waals surface area contributed by atoms with E-state index in [9.17, 15) is 10.4 Å². The summed E-state index contributed by atoms with van der Waals surface area (Å²) in [6.45, 7) is 3.84. The van der Waals surface area contributed by atoms with Crippen molar-refractivity contribution >= 4 is 33.1 Å². The highest BCUT2D eigenvalue weighted by Gasteiger charge is 2.34. The molecule has 176 valence electrons. The maximum atomic E-state index is 10.9. The smallest absolute Gasteiger partial charge is 0.144 e. The van der Waals surface area contributed by atoms with Gasteiger partial charge in [-0.05, 0) is 56.2 Å². The molecule has 3 aliphatic rings. The number of nitrogen functional groups attached to an aromatic ring is 1. The lowest BCUT2D eigenvalue weighted by Gasteiger charge is -2.36. The minimum atomic E-state index is -0.876. The van der Waals surface area contributed by atoms with Crippen molar-refractivity contribution < 1.29 is 5.11 Å². The standard InChI is InChI=1S/C25H29N7OS/c1-13-10-28-22-21(27)23(34-25(22)29-13)24(33)31-15-5-6-18-14(8-15)2-7-20(19(18)9-26)32-11-16-3-4-17(12-32)30-16/h2,7,10,15-17,24,30-31,33H,3-6,8,11-12,27H2,1H3/t15-,16?,17?,24?/m1/s1. The van der Waals surface area contributed by atoms with E-state index in [1.165, 1.54) is 35.3 Å². The van der Waals surface area contributed by atoms with Crippen molar-refractivity contribution in [3.05, 3.63) is 45.6 Å². The molecule has 0 spiro atoms. The van der Waals surface area contributed by atoms with Crippen LogP contribution in [0.3, 0.4) is 0 Å². The zero-order valence-electron chi connectivity index (χ0n) is 19.2. The van der Waals surface area contributed by atoms with Gasteiger partial charge in [0.15, 0.2) is 0 Å². The molecule has 5 N–H and O–H groups in total. The number of aliphatic hydroxyl groups is 1. The maximum Gasteiger partial charge on any atom is 0.144 e. The van der Waals surface area contributed by atoms with Crippen LogP contribution < -0.4 is 21.3 Å². The first kappa shape index (κ1) is 21.7. The Kier molecular flexibility index (Phi) is 5.41. The van der Waals surface area contributed by atoms with E-state index in [2.05, 4.69) is 43.7 Å². The third-order valence-electron chi connectivity index (χ3n) is 7.50.